The molecule has 0 bridgehead atoms. The molecule has 0 aromatic carbocycles. The van der Waals surface area contributed by atoms with E-state index >= 15 is 0 Å². The first-order chi connectivity index (χ1) is 4.77. The number of hydrogen-bond acceptors (Lipinski definition) is 8. The Balaban J connectivity index is -0.0000000833. The Morgan fingerprint density at radius 1 is 1.00 bits per heavy atom. The Hall–Kier alpha value is 2.97. The molecule has 72 valence electrons. The van der Waals surface area contributed by atoms with Crippen LogP contribution in [0.1, 0.15) is 2.85 Å². The molecule has 2 N–H and O–H groups in total. The van der Waals surface area contributed by atoms with Crippen LogP contribution in [0.5, 0.6) is 0 Å². The Morgan fingerprint density at radius 3 is 1.62 bits per heavy atom. The average Bonchev–Trinajstić information content (AvgIpc) is 1.83. The predicted molar refractivity (Wildman–Crippen MR) is 28.6 cm³/mol. The van der Waals surface area contributed by atoms with Gasteiger partial charge in [-0.25, -0.2) is 5.26 Å². The van der Waals surface area contributed by atoms with Crippen molar-refractivity contribution in [2.75, 3.05) is 0 Å². The summed E-state index contributed by atoms with van der Waals surface area (Å²) in [4.78, 5) is 0. The maximum Gasteiger partial charge on any atom is 1.00 e. The van der Waals surface area contributed by atoms with E-state index < -0.39 is 20.8 Å². The molecule has 0 aliphatic rings. The van der Waals surface area contributed by atoms with E-state index in [0.717, 1.165) is 0 Å². The van der Waals surface area contributed by atoms with Crippen molar-refractivity contribution in [2.24, 2.45) is 0 Å². The third-order valence-electron chi connectivity index (χ3n) is 0.288. The van der Waals surface area contributed by atoms with E-state index in [1.807, 2.05) is 0 Å². The minimum atomic E-state index is -5.06. The van der Waals surface area contributed by atoms with Gasteiger partial charge in [-0.2, -0.15) is 16.8 Å². The molecule has 0 atom stereocenters. The molecule has 0 saturated heterocycles. The zero-order chi connectivity index (χ0) is 9.12. The van der Waals surface area contributed by atoms with Crippen LogP contribution in [0.2, 0.25) is 0 Å². The third kappa shape index (κ3) is 15.0. The predicted octanol–water partition coefficient (Wildman–Crippen LogP) is -7.30. The summed E-state index contributed by atoms with van der Waals surface area (Å²) in [5, 5.41) is 7.42. The topological polar surface area (TPSA) is 136 Å². The van der Waals surface area contributed by atoms with Gasteiger partial charge in [0, 0.05) is 0 Å². The second kappa shape index (κ2) is 9.05. The molecule has 0 saturated carbocycles. The summed E-state index contributed by atoms with van der Waals surface area (Å²) in [6.45, 7) is 0. The van der Waals surface area contributed by atoms with Crippen molar-refractivity contribution >= 4 is 20.8 Å². The van der Waals surface area contributed by atoms with Crippen molar-refractivity contribution in [3.63, 3.8) is 0 Å². The zero-order valence-corrected chi connectivity index (χ0v) is 14.4. The van der Waals surface area contributed by atoms with Gasteiger partial charge < -0.3 is 2.85 Å². The molecule has 13 heavy (non-hydrogen) atoms. The van der Waals surface area contributed by atoms with Gasteiger partial charge in [0.1, 0.15) is 0 Å². The second-order valence-corrected chi connectivity index (χ2v) is 3.14. The molecule has 0 amide bonds. The Bertz CT molecular complexity index is 305. The standard InChI is InChI=1S/2K.H2O9S2.2H/c;;1-7-11(5,6)9-8-10(2,3)4;;/h;;1H,(H,2,3,4);;/q2*+1;;2*-1. The smallest absolute Gasteiger partial charge is 1.00 e. The summed E-state index contributed by atoms with van der Waals surface area (Å²) in [6.07, 6.45) is 0. The molecule has 0 unspecified atom stereocenters. The van der Waals surface area contributed by atoms with E-state index in [1.165, 1.54) is 0 Å². The molecule has 13 heteroatoms. The van der Waals surface area contributed by atoms with E-state index in [0.29, 0.717) is 0 Å². The van der Waals surface area contributed by atoms with Gasteiger partial charge in [-0.15, -0.1) is 0 Å². The molecule has 0 heterocycles. The van der Waals surface area contributed by atoms with E-state index in [9.17, 15) is 16.8 Å². The van der Waals surface area contributed by atoms with Gasteiger partial charge in [-0.3, -0.25) is 4.55 Å². The van der Waals surface area contributed by atoms with E-state index in [-0.39, 0.29) is 106 Å². The Morgan fingerprint density at radius 2 is 1.38 bits per heavy atom. The first-order valence-corrected chi connectivity index (χ1v) is 4.40. The van der Waals surface area contributed by atoms with Gasteiger partial charge in [0.15, 0.2) is 0 Å². The fourth-order valence-electron chi connectivity index (χ4n) is 0.0815. The second-order valence-electron chi connectivity index (χ2n) is 1.05. The van der Waals surface area contributed by atoms with Gasteiger partial charge in [0.25, 0.3) is 0 Å². The van der Waals surface area contributed by atoms with Crippen molar-refractivity contribution in [3.8, 4) is 0 Å². The van der Waals surface area contributed by atoms with Crippen molar-refractivity contribution in [2.45, 2.75) is 0 Å². The Labute approximate surface area is 162 Å². The summed E-state index contributed by atoms with van der Waals surface area (Å²) in [6, 6.07) is 0. The molecule has 0 aromatic rings. The zero-order valence-electron chi connectivity index (χ0n) is 8.57. The molecule has 0 aliphatic heterocycles. The van der Waals surface area contributed by atoms with Crippen LogP contribution >= 0.6 is 0 Å². The monoisotopic (exact) mass is 290 g/mol. The molecule has 0 rings (SSSR count). The quantitative estimate of drug-likeness (QED) is 0.224. The maximum absolute atomic E-state index is 9.85. The van der Waals surface area contributed by atoms with Gasteiger partial charge >= 0.3 is 124 Å². The van der Waals surface area contributed by atoms with E-state index in [4.69, 9.17) is 9.81 Å². The molecule has 0 fully saturated rings. The van der Waals surface area contributed by atoms with Crippen LogP contribution in [0, 0.1) is 0 Å². The molecule has 0 aromatic heterocycles. The van der Waals surface area contributed by atoms with Gasteiger partial charge in [-0.05, 0) is 0 Å². The van der Waals surface area contributed by atoms with Gasteiger partial charge in [0.2, 0.25) is 0 Å². The van der Waals surface area contributed by atoms with Crippen LogP contribution in [-0.2, 0) is 33.8 Å². The molecule has 0 spiro atoms. The minimum absolute atomic E-state index is 0. The molecular weight excluding hydrogens is 286 g/mol. The molecular formula is H4K2O9S2. The van der Waals surface area contributed by atoms with Crippen LogP contribution in [0.4, 0.5) is 0 Å². The van der Waals surface area contributed by atoms with Crippen molar-refractivity contribution in [1.29, 1.82) is 0 Å². The van der Waals surface area contributed by atoms with Crippen molar-refractivity contribution < 1.29 is 145 Å². The summed E-state index contributed by atoms with van der Waals surface area (Å²) >= 11 is 0. The normalized spacial score (nSPS) is 11.2. The summed E-state index contributed by atoms with van der Waals surface area (Å²) in [7, 11) is -10.0. The van der Waals surface area contributed by atoms with E-state index in [2.05, 4.69) is 13.0 Å². The first kappa shape index (κ1) is 21.3. The summed E-state index contributed by atoms with van der Waals surface area (Å²) < 4.78 is 54.9. The molecule has 9 nitrogen and oxygen atoms in total. The van der Waals surface area contributed by atoms with Crippen molar-refractivity contribution in [3.05, 3.63) is 0 Å². The van der Waals surface area contributed by atoms with Crippen molar-refractivity contribution in [1.82, 2.24) is 0 Å². The minimum Gasteiger partial charge on any atom is -1.00 e. The number of rotatable bonds is 4. The van der Waals surface area contributed by atoms with Crippen LogP contribution in [0.15, 0.2) is 0 Å². The van der Waals surface area contributed by atoms with Crippen LogP contribution in [-0.4, -0.2) is 26.6 Å². The van der Waals surface area contributed by atoms with Gasteiger partial charge in [-0.1, -0.05) is 13.0 Å². The fourth-order valence-corrected chi connectivity index (χ4v) is 0.659. The fraction of sp³-hybridized carbons (Fsp3) is 0. The largest absolute Gasteiger partial charge is 1.00 e. The van der Waals surface area contributed by atoms with E-state index in [1.54, 1.807) is 0 Å². The van der Waals surface area contributed by atoms with Crippen LogP contribution in [0.25, 0.3) is 0 Å². The maximum atomic E-state index is 9.85. The SMILES string of the molecule is O=S(=O)(O)OOS(=O)(=O)OO.[H-].[H-].[K+].[K+]. The Kier molecular flexibility index (Phi) is 14.8. The summed E-state index contributed by atoms with van der Waals surface area (Å²) in [5.41, 5.74) is 0. The third-order valence-corrected chi connectivity index (χ3v) is 1.03. The molecule has 0 aliphatic carbocycles. The van der Waals surface area contributed by atoms with Crippen LogP contribution in [0.3, 0.4) is 0 Å². The summed E-state index contributed by atoms with van der Waals surface area (Å²) in [5.74, 6) is 0. The average molecular weight is 290 g/mol. The number of hydrogen-bond donors (Lipinski definition) is 2. The van der Waals surface area contributed by atoms with Gasteiger partial charge in [0.05, 0.1) is 0 Å². The first-order valence-electron chi connectivity index (χ1n) is 1.70. The molecule has 0 radical (unpaired) electrons. The van der Waals surface area contributed by atoms with Crippen LogP contribution < -0.4 is 103 Å².